The summed E-state index contributed by atoms with van der Waals surface area (Å²) in [4.78, 5) is 13.1. The molecule has 1 nitrogen and oxygen atoms in total. The van der Waals surface area contributed by atoms with Crippen LogP contribution in [0.25, 0.3) is 21.5 Å². The molecule has 1 heteroatoms. The van der Waals surface area contributed by atoms with Crippen LogP contribution in [0.5, 0.6) is 0 Å². The van der Waals surface area contributed by atoms with Crippen LogP contribution < -0.4 is 0 Å². The molecule has 4 aromatic carbocycles. The normalized spacial score (nSPS) is 11.0. The lowest BCUT2D eigenvalue weighted by Crippen LogP contribution is -2.04. The standard InChI is InChI=1S/C22H16O/c1-15-10-11-17-7-4-5-9-20(17)21(15)22(23)19-13-12-16-6-2-3-8-18(16)14-19/h2-14H,1H3. The van der Waals surface area contributed by atoms with Gasteiger partial charge in [0.2, 0.25) is 0 Å². The molecule has 110 valence electrons. The summed E-state index contributed by atoms with van der Waals surface area (Å²) in [5.74, 6) is 0.0880. The van der Waals surface area contributed by atoms with Gasteiger partial charge in [-0.2, -0.15) is 0 Å². The van der Waals surface area contributed by atoms with E-state index in [0.29, 0.717) is 0 Å². The first-order valence-electron chi connectivity index (χ1n) is 7.76. The number of hydrogen-bond acceptors (Lipinski definition) is 1. The second-order valence-electron chi connectivity index (χ2n) is 5.87. The van der Waals surface area contributed by atoms with Crippen molar-refractivity contribution in [1.82, 2.24) is 0 Å². The average Bonchev–Trinajstić information content (AvgIpc) is 2.60. The van der Waals surface area contributed by atoms with Crippen LogP contribution in [0.1, 0.15) is 21.5 Å². The van der Waals surface area contributed by atoms with Gasteiger partial charge < -0.3 is 0 Å². The highest BCUT2D eigenvalue weighted by molar-refractivity contribution is 6.18. The molecule has 0 saturated carbocycles. The molecule has 23 heavy (non-hydrogen) atoms. The molecule has 4 aromatic rings. The number of carbonyl (C=O) groups excluding carboxylic acids is 1. The van der Waals surface area contributed by atoms with E-state index in [9.17, 15) is 4.79 Å². The minimum Gasteiger partial charge on any atom is -0.289 e. The summed E-state index contributed by atoms with van der Waals surface area (Å²) < 4.78 is 0. The first kappa shape index (κ1) is 13.7. The third-order valence-corrected chi connectivity index (χ3v) is 4.38. The van der Waals surface area contributed by atoms with Crippen molar-refractivity contribution in [3.8, 4) is 0 Å². The predicted octanol–water partition coefficient (Wildman–Crippen LogP) is 5.53. The Hall–Kier alpha value is -2.93. The van der Waals surface area contributed by atoms with Crippen molar-refractivity contribution < 1.29 is 4.79 Å². The summed E-state index contributed by atoms with van der Waals surface area (Å²) in [5.41, 5.74) is 2.56. The number of benzene rings is 4. The number of carbonyl (C=O) groups is 1. The number of rotatable bonds is 2. The smallest absolute Gasteiger partial charge is 0.193 e. The van der Waals surface area contributed by atoms with Gasteiger partial charge in [0.05, 0.1) is 0 Å². The minimum absolute atomic E-state index is 0.0880. The van der Waals surface area contributed by atoms with E-state index in [1.54, 1.807) is 0 Å². The van der Waals surface area contributed by atoms with Crippen molar-refractivity contribution in [1.29, 1.82) is 0 Å². The molecular weight excluding hydrogens is 280 g/mol. The molecular formula is C22H16O. The highest BCUT2D eigenvalue weighted by Gasteiger charge is 2.15. The van der Waals surface area contributed by atoms with Crippen molar-refractivity contribution in [3.05, 3.63) is 95.6 Å². The lowest BCUT2D eigenvalue weighted by Gasteiger charge is -2.10. The van der Waals surface area contributed by atoms with Gasteiger partial charge in [-0.1, -0.05) is 72.8 Å². The average molecular weight is 296 g/mol. The zero-order chi connectivity index (χ0) is 15.8. The number of ketones is 1. The maximum absolute atomic E-state index is 13.1. The Labute approximate surface area is 135 Å². The van der Waals surface area contributed by atoms with E-state index in [4.69, 9.17) is 0 Å². The molecule has 0 N–H and O–H groups in total. The summed E-state index contributed by atoms with van der Waals surface area (Å²) in [6.07, 6.45) is 0. The summed E-state index contributed by atoms with van der Waals surface area (Å²) in [6, 6.07) is 26.2. The van der Waals surface area contributed by atoms with Gasteiger partial charge in [-0.25, -0.2) is 0 Å². The monoisotopic (exact) mass is 296 g/mol. The SMILES string of the molecule is Cc1ccc2ccccc2c1C(=O)c1ccc2ccccc2c1. The molecule has 0 heterocycles. The fraction of sp³-hybridized carbons (Fsp3) is 0.0455. The van der Waals surface area contributed by atoms with E-state index >= 15 is 0 Å². The molecule has 0 unspecified atom stereocenters. The van der Waals surface area contributed by atoms with E-state index in [1.807, 2.05) is 73.7 Å². The van der Waals surface area contributed by atoms with Crippen molar-refractivity contribution in [3.63, 3.8) is 0 Å². The quantitative estimate of drug-likeness (QED) is 0.444. The van der Waals surface area contributed by atoms with E-state index in [-0.39, 0.29) is 5.78 Å². The van der Waals surface area contributed by atoms with Crippen LogP contribution in [0.2, 0.25) is 0 Å². The van der Waals surface area contributed by atoms with Crippen LogP contribution in [-0.2, 0) is 0 Å². The molecule has 0 fully saturated rings. The maximum atomic E-state index is 13.1. The summed E-state index contributed by atoms with van der Waals surface area (Å²) in [6.45, 7) is 2.00. The van der Waals surface area contributed by atoms with Gasteiger partial charge in [-0.15, -0.1) is 0 Å². The summed E-state index contributed by atoms with van der Waals surface area (Å²) >= 11 is 0. The summed E-state index contributed by atoms with van der Waals surface area (Å²) in [5, 5.41) is 4.36. The van der Waals surface area contributed by atoms with Gasteiger partial charge in [0, 0.05) is 11.1 Å². The van der Waals surface area contributed by atoms with Gasteiger partial charge in [-0.05, 0) is 40.1 Å². The molecule has 0 spiro atoms. The molecule has 0 radical (unpaired) electrons. The molecule has 0 aromatic heterocycles. The third kappa shape index (κ3) is 2.31. The van der Waals surface area contributed by atoms with Crippen molar-refractivity contribution in [2.45, 2.75) is 6.92 Å². The molecule has 0 aliphatic rings. The highest BCUT2D eigenvalue weighted by Crippen LogP contribution is 2.26. The molecule has 0 amide bonds. The van der Waals surface area contributed by atoms with E-state index in [0.717, 1.165) is 38.2 Å². The van der Waals surface area contributed by atoms with Crippen molar-refractivity contribution >= 4 is 27.3 Å². The zero-order valence-electron chi connectivity index (χ0n) is 12.9. The lowest BCUT2D eigenvalue weighted by molar-refractivity contribution is 0.104. The fourth-order valence-corrected chi connectivity index (χ4v) is 3.16. The molecule has 0 bridgehead atoms. The topological polar surface area (TPSA) is 17.1 Å². The largest absolute Gasteiger partial charge is 0.289 e. The van der Waals surface area contributed by atoms with Gasteiger partial charge in [-0.3, -0.25) is 4.79 Å². The number of fused-ring (bicyclic) bond motifs is 2. The van der Waals surface area contributed by atoms with Gasteiger partial charge >= 0.3 is 0 Å². The third-order valence-electron chi connectivity index (χ3n) is 4.38. The van der Waals surface area contributed by atoms with Crippen LogP contribution in [0, 0.1) is 6.92 Å². The number of hydrogen-bond donors (Lipinski definition) is 0. The first-order chi connectivity index (χ1) is 11.2. The first-order valence-corrected chi connectivity index (χ1v) is 7.76. The Balaban J connectivity index is 1.92. The Morgan fingerprint density at radius 3 is 2.17 bits per heavy atom. The van der Waals surface area contributed by atoms with Gasteiger partial charge in [0.1, 0.15) is 0 Å². The van der Waals surface area contributed by atoms with Crippen LogP contribution in [0.4, 0.5) is 0 Å². The molecule has 4 rings (SSSR count). The number of aryl methyl sites for hydroxylation is 1. The fourth-order valence-electron chi connectivity index (χ4n) is 3.16. The Morgan fingerprint density at radius 2 is 1.35 bits per heavy atom. The predicted molar refractivity (Wildman–Crippen MR) is 96.1 cm³/mol. The lowest BCUT2D eigenvalue weighted by atomic mass is 9.92. The second-order valence-corrected chi connectivity index (χ2v) is 5.87. The van der Waals surface area contributed by atoms with Crippen LogP contribution in [-0.4, -0.2) is 5.78 Å². The minimum atomic E-state index is 0.0880. The van der Waals surface area contributed by atoms with Gasteiger partial charge in [0.15, 0.2) is 5.78 Å². The van der Waals surface area contributed by atoms with Crippen LogP contribution >= 0.6 is 0 Å². The Morgan fingerprint density at radius 1 is 0.696 bits per heavy atom. The Kier molecular flexibility index (Phi) is 3.20. The van der Waals surface area contributed by atoms with Crippen molar-refractivity contribution in [2.24, 2.45) is 0 Å². The van der Waals surface area contributed by atoms with Gasteiger partial charge in [0.25, 0.3) is 0 Å². The molecule has 0 saturated heterocycles. The van der Waals surface area contributed by atoms with Crippen molar-refractivity contribution in [2.75, 3.05) is 0 Å². The van der Waals surface area contributed by atoms with Crippen LogP contribution in [0.3, 0.4) is 0 Å². The molecule has 0 aliphatic heterocycles. The van der Waals surface area contributed by atoms with Crippen LogP contribution in [0.15, 0.2) is 78.9 Å². The summed E-state index contributed by atoms with van der Waals surface area (Å²) in [7, 11) is 0. The second kappa shape index (κ2) is 5.36. The highest BCUT2D eigenvalue weighted by atomic mass is 16.1. The molecule has 0 atom stereocenters. The maximum Gasteiger partial charge on any atom is 0.193 e. The van der Waals surface area contributed by atoms with E-state index in [2.05, 4.69) is 12.1 Å². The van der Waals surface area contributed by atoms with E-state index in [1.165, 1.54) is 0 Å². The molecule has 0 aliphatic carbocycles. The van der Waals surface area contributed by atoms with E-state index < -0.39 is 0 Å². The zero-order valence-corrected chi connectivity index (χ0v) is 12.9. The Bertz CT molecular complexity index is 1040.